The summed E-state index contributed by atoms with van der Waals surface area (Å²) in [6.45, 7) is 3.95. The van der Waals surface area contributed by atoms with Gasteiger partial charge in [-0.15, -0.1) is 11.8 Å². The van der Waals surface area contributed by atoms with Crippen LogP contribution in [0.1, 0.15) is 19.8 Å². The smallest absolute Gasteiger partial charge is 0.350 e. The molecule has 1 atom stereocenters. The van der Waals surface area contributed by atoms with Crippen LogP contribution in [0.4, 0.5) is 11.5 Å². The van der Waals surface area contributed by atoms with Gasteiger partial charge in [-0.2, -0.15) is 4.98 Å². The quantitative estimate of drug-likeness (QED) is 0.630. The molecule has 30 heavy (non-hydrogen) atoms. The van der Waals surface area contributed by atoms with Crippen LogP contribution in [0.25, 0.3) is 10.9 Å². The molecule has 1 saturated heterocycles. The molecule has 4 rings (SSSR count). The van der Waals surface area contributed by atoms with Crippen molar-refractivity contribution < 1.29 is 4.79 Å². The number of benzene rings is 2. The first kappa shape index (κ1) is 20.5. The number of rotatable bonds is 5. The molecule has 1 amide bonds. The fraction of sp³-hybridized carbons (Fsp3) is 0.348. The number of amides is 1. The second-order valence-corrected chi connectivity index (χ2v) is 8.67. The lowest BCUT2D eigenvalue weighted by molar-refractivity contribution is -0.116. The fourth-order valence-corrected chi connectivity index (χ4v) is 4.49. The number of anilines is 2. The predicted molar refractivity (Wildman–Crippen MR) is 123 cm³/mol. The Bertz CT molecular complexity index is 1130. The molecule has 1 aromatic heterocycles. The molecule has 0 radical (unpaired) electrons. The first-order chi connectivity index (χ1) is 14.5. The number of hydrogen-bond acceptors (Lipinski definition) is 5. The Morgan fingerprint density at radius 3 is 2.87 bits per heavy atom. The molecule has 156 valence electrons. The van der Waals surface area contributed by atoms with E-state index in [4.69, 9.17) is 0 Å². The maximum Gasteiger partial charge on any atom is 0.350 e. The van der Waals surface area contributed by atoms with Gasteiger partial charge < -0.3 is 10.2 Å². The van der Waals surface area contributed by atoms with Crippen LogP contribution in [0, 0.1) is 5.92 Å². The molecule has 0 aliphatic carbocycles. The van der Waals surface area contributed by atoms with E-state index in [1.165, 1.54) is 11.0 Å². The Balaban J connectivity index is 1.64. The molecule has 2 heterocycles. The van der Waals surface area contributed by atoms with Crippen molar-refractivity contribution in [1.29, 1.82) is 0 Å². The largest absolute Gasteiger partial charge is 0.356 e. The highest BCUT2D eigenvalue weighted by Crippen LogP contribution is 2.27. The third kappa shape index (κ3) is 4.36. The maximum atomic E-state index is 12.9. The Morgan fingerprint density at radius 1 is 1.23 bits per heavy atom. The highest BCUT2D eigenvalue weighted by molar-refractivity contribution is 7.98. The third-order valence-corrected chi connectivity index (χ3v) is 6.21. The molecule has 6 nitrogen and oxygen atoms in total. The van der Waals surface area contributed by atoms with Crippen molar-refractivity contribution >= 4 is 40.1 Å². The summed E-state index contributed by atoms with van der Waals surface area (Å²) < 4.78 is 1.46. The van der Waals surface area contributed by atoms with Crippen LogP contribution in [0.15, 0.2) is 58.2 Å². The summed E-state index contributed by atoms with van der Waals surface area (Å²) >= 11 is 1.61. The molecule has 2 aromatic carbocycles. The highest BCUT2D eigenvalue weighted by Gasteiger charge is 2.21. The van der Waals surface area contributed by atoms with Crippen LogP contribution in [0.5, 0.6) is 0 Å². The first-order valence-electron chi connectivity index (χ1n) is 10.2. The Hall–Kier alpha value is -2.80. The number of aromatic nitrogens is 2. The second-order valence-electron chi connectivity index (χ2n) is 7.79. The summed E-state index contributed by atoms with van der Waals surface area (Å²) in [6, 6.07) is 15.4. The van der Waals surface area contributed by atoms with Crippen molar-refractivity contribution in [2.75, 3.05) is 29.6 Å². The van der Waals surface area contributed by atoms with Gasteiger partial charge in [-0.05, 0) is 55.3 Å². The number of thioether (sulfide) groups is 1. The van der Waals surface area contributed by atoms with Gasteiger partial charge in [0.05, 0.1) is 5.52 Å². The standard InChI is InChI=1S/C23H26N4O2S/c1-16-7-6-12-26(14-16)22-19-10-3-4-11-20(19)27(23(29)25-22)15-21(28)24-17-8-5-9-18(13-17)30-2/h3-5,8-11,13,16H,6-7,12,14-15H2,1-2H3,(H,24,28)/t16-/m1/s1. The topological polar surface area (TPSA) is 67.2 Å². The lowest BCUT2D eigenvalue weighted by atomic mass is 10.00. The Kier molecular flexibility index (Phi) is 6.08. The molecule has 1 aliphatic rings. The van der Waals surface area contributed by atoms with Gasteiger partial charge in [0.25, 0.3) is 0 Å². The van der Waals surface area contributed by atoms with Crippen LogP contribution in [-0.2, 0) is 11.3 Å². The summed E-state index contributed by atoms with van der Waals surface area (Å²) in [5.74, 6) is 1.05. The number of hydrogen-bond donors (Lipinski definition) is 1. The zero-order valence-corrected chi connectivity index (χ0v) is 18.1. The molecule has 1 fully saturated rings. The van der Waals surface area contributed by atoms with Crippen molar-refractivity contribution in [2.24, 2.45) is 5.92 Å². The predicted octanol–water partition coefficient (Wildman–Crippen LogP) is 3.99. The third-order valence-electron chi connectivity index (χ3n) is 5.48. The van der Waals surface area contributed by atoms with E-state index in [9.17, 15) is 9.59 Å². The molecule has 1 N–H and O–H groups in total. The van der Waals surface area contributed by atoms with Crippen LogP contribution >= 0.6 is 11.8 Å². The van der Waals surface area contributed by atoms with Crippen molar-refractivity contribution in [2.45, 2.75) is 31.2 Å². The van der Waals surface area contributed by atoms with Gasteiger partial charge in [0.2, 0.25) is 5.91 Å². The molecule has 1 aliphatic heterocycles. The van der Waals surface area contributed by atoms with E-state index in [1.807, 2.05) is 54.8 Å². The molecular weight excluding hydrogens is 396 g/mol. The number of nitrogens with zero attached hydrogens (tertiary/aromatic N) is 3. The maximum absolute atomic E-state index is 12.9. The molecule has 0 unspecified atom stereocenters. The summed E-state index contributed by atoms with van der Waals surface area (Å²) in [6.07, 6.45) is 4.28. The number of piperidine rings is 1. The van der Waals surface area contributed by atoms with E-state index in [0.717, 1.165) is 46.8 Å². The van der Waals surface area contributed by atoms with Gasteiger partial charge in [-0.25, -0.2) is 4.79 Å². The second kappa shape index (κ2) is 8.92. The van der Waals surface area contributed by atoms with E-state index in [0.29, 0.717) is 5.92 Å². The molecule has 3 aromatic rings. The number of carbonyl (C=O) groups is 1. The van der Waals surface area contributed by atoms with E-state index in [1.54, 1.807) is 11.8 Å². The SMILES string of the molecule is CSc1cccc(NC(=O)Cn2c(=O)nc(N3CCC[C@@H](C)C3)c3ccccc32)c1. The molecular formula is C23H26N4O2S. The minimum atomic E-state index is -0.394. The summed E-state index contributed by atoms with van der Waals surface area (Å²) in [5.41, 5.74) is 1.06. The average molecular weight is 423 g/mol. The van der Waals surface area contributed by atoms with Gasteiger partial charge in [0.1, 0.15) is 12.4 Å². The Labute approximate surface area is 180 Å². The van der Waals surface area contributed by atoms with Gasteiger partial charge >= 0.3 is 5.69 Å². The highest BCUT2D eigenvalue weighted by atomic mass is 32.2. The van der Waals surface area contributed by atoms with Crippen LogP contribution in [-0.4, -0.2) is 34.8 Å². The van der Waals surface area contributed by atoms with E-state index < -0.39 is 5.69 Å². The lowest BCUT2D eigenvalue weighted by Crippen LogP contribution is -2.38. The fourth-order valence-electron chi connectivity index (χ4n) is 4.03. The monoisotopic (exact) mass is 422 g/mol. The molecule has 0 spiro atoms. The van der Waals surface area contributed by atoms with Crippen LogP contribution < -0.4 is 15.9 Å². The van der Waals surface area contributed by atoms with E-state index >= 15 is 0 Å². The normalized spacial score (nSPS) is 16.6. The Morgan fingerprint density at radius 2 is 2.07 bits per heavy atom. The van der Waals surface area contributed by atoms with Gasteiger partial charge in [-0.1, -0.05) is 25.1 Å². The molecule has 7 heteroatoms. The molecule has 0 saturated carbocycles. The van der Waals surface area contributed by atoms with Crippen molar-refractivity contribution in [1.82, 2.24) is 9.55 Å². The molecule has 0 bridgehead atoms. The summed E-state index contributed by atoms with van der Waals surface area (Å²) in [5, 5.41) is 3.80. The summed E-state index contributed by atoms with van der Waals surface area (Å²) in [7, 11) is 0. The van der Waals surface area contributed by atoms with Crippen molar-refractivity contribution in [3.63, 3.8) is 0 Å². The van der Waals surface area contributed by atoms with E-state index in [-0.39, 0.29) is 12.5 Å². The minimum absolute atomic E-state index is 0.0769. The number of para-hydroxylation sites is 1. The van der Waals surface area contributed by atoms with Crippen LogP contribution in [0.3, 0.4) is 0 Å². The number of carbonyl (C=O) groups excluding carboxylic acids is 1. The van der Waals surface area contributed by atoms with Gasteiger partial charge in [0.15, 0.2) is 0 Å². The van der Waals surface area contributed by atoms with E-state index in [2.05, 4.69) is 22.1 Å². The number of fused-ring (bicyclic) bond motifs is 1. The minimum Gasteiger partial charge on any atom is -0.356 e. The van der Waals surface area contributed by atoms with Crippen molar-refractivity contribution in [3.8, 4) is 0 Å². The van der Waals surface area contributed by atoms with Gasteiger partial charge in [-0.3, -0.25) is 9.36 Å². The summed E-state index contributed by atoms with van der Waals surface area (Å²) in [4.78, 5) is 33.3. The average Bonchev–Trinajstić information content (AvgIpc) is 2.75. The zero-order valence-electron chi connectivity index (χ0n) is 17.3. The first-order valence-corrected chi connectivity index (χ1v) is 11.5. The zero-order chi connectivity index (χ0) is 21.1. The van der Waals surface area contributed by atoms with Crippen molar-refractivity contribution in [3.05, 3.63) is 59.0 Å². The van der Waals surface area contributed by atoms with Gasteiger partial charge in [0, 0.05) is 29.1 Å². The van der Waals surface area contributed by atoms with Crippen LogP contribution in [0.2, 0.25) is 0 Å². The number of nitrogens with one attached hydrogen (secondary N) is 1. The lowest BCUT2D eigenvalue weighted by Gasteiger charge is -2.32.